The van der Waals surface area contributed by atoms with Crippen molar-refractivity contribution < 1.29 is 19.0 Å². The maximum absolute atomic E-state index is 11.4. The van der Waals surface area contributed by atoms with Gasteiger partial charge in [-0.15, -0.1) is 0 Å². The molecule has 0 saturated carbocycles. The van der Waals surface area contributed by atoms with Crippen LogP contribution in [0.4, 0.5) is 5.88 Å². The van der Waals surface area contributed by atoms with E-state index in [9.17, 15) is 14.9 Å². The Kier molecular flexibility index (Phi) is 3.28. The normalized spacial score (nSPS) is 11.2. The molecule has 0 spiro atoms. The molecule has 1 N–H and O–H groups in total. The Morgan fingerprint density at radius 1 is 1.50 bits per heavy atom. The second kappa shape index (κ2) is 4.31. The molecule has 1 amide bonds. The lowest BCUT2D eigenvalue weighted by atomic mass is 10.2. The van der Waals surface area contributed by atoms with Gasteiger partial charge in [-0.1, -0.05) is 0 Å². The first kappa shape index (κ1) is 12.2. The lowest BCUT2D eigenvalue weighted by molar-refractivity contribution is -0.402. The first-order valence-corrected chi connectivity index (χ1v) is 4.52. The Labute approximate surface area is 91.5 Å². The Bertz CT molecular complexity index is 404. The van der Waals surface area contributed by atoms with Crippen molar-refractivity contribution in [1.82, 2.24) is 5.48 Å². The summed E-state index contributed by atoms with van der Waals surface area (Å²) in [6, 6.07) is 2.31. The second-order valence-electron chi connectivity index (χ2n) is 4.04. The Balaban J connectivity index is 2.63. The van der Waals surface area contributed by atoms with Crippen molar-refractivity contribution in [3.63, 3.8) is 0 Å². The number of hydroxylamine groups is 1. The Morgan fingerprint density at radius 2 is 2.12 bits per heavy atom. The SMILES string of the molecule is CC(C)(C)ONC(=O)c1ccc([N+](=O)[O-])o1. The van der Waals surface area contributed by atoms with E-state index < -0.39 is 22.3 Å². The smallest absolute Gasteiger partial charge is 0.395 e. The lowest BCUT2D eigenvalue weighted by Gasteiger charge is -2.18. The van der Waals surface area contributed by atoms with Gasteiger partial charge >= 0.3 is 11.8 Å². The van der Waals surface area contributed by atoms with Gasteiger partial charge in [-0.3, -0.25) is 19.7 Å². The average Bonchev–Trinajstić information content (AvgIpc) is 2.61. The topological polar surface area (TPSA) is 94.6 Å². The second-order valence-corrected chi connectivity index (χ2v) is 4.04. The molecule has 0 unspecified atom stereocenters. The molecule has 7 heteroatoms. The minimum Gasteiger partial charge on any atom is -0.395 e. The summed E-state index contributed by atoms with van der Waals surface area (Å²) in [5.74, 6) is -1.32. The molecule has 0 aliphatic rings. The molecule has 7 nitrogen and oxygen atoms in total. The van der Waals surface area contributed by atoms with Crippen LogP contribution in [0, 0.1) is 10.1 Å². The molecule has 0 fully saturated rings. The van der Waals surface area contributed by atoms with Gasteiger partial charge in [0.1, 0.15) is 4.92 Å². The van der Waals surface area contributed by atoms with Crippen molar-refractivity contribution in [3.8, 4) is 0 Å². The molecule has 16 heavy (non-hydrogen) atoms. The van der Waals surface area contributed by atoms with E-state index in [1.807, 2.05) is 0 Å². The molecule has 0 bridgehead atoms. The van der Waals surface area contributed by atoms with Crippen molar-refractivity contribution in [1.29, 1.82) is 0 Å². The summed E-state index contributed by atoms with van der Waals surface area (Å²) in [5, 5.41) is 10.3. The van der Waals surface area contributed by atoms with Crippen molar-refractivity contribution >= 4 is 11.8 Å². The van der Waals surface area contributed by atoms with Gasteiger partial charge in [0.2, 0.25) is 5.76 Å². The number of hydrogen-bond donors (Lipinski definition) is 1. The number of hydrogen-bond acceptors (Lipinski definition) is 5. The molecular formula is C9H12N2O5. The minimum atomic E-state index is -0.721. The number of nitrogens with zero attached hydrogens (tertiary/aromatic N) is 1. The van der Waals surface area contributed by atoms with E-state index in [4.69, 9.17) is 4.84 Å². The van der Waals surface area contributed by atoms with E-state index >= 15 is 0 Å². The molecule has 0 radical (unpaired) electrons. The van der Waals surface area contributed by atoms with Gasteiger partial charge in [-0.25, -0.2) is 5.48 Å². The van der Waals surface area contributed by atoms with Crippen LogP contribution in [0.5, 0.6) is 0 Å². The molecule has 1 heterocycles. The van der Waals surface area contributed by atoms with Gasteiger partial charge < -0.3 is 4.42 Å². The number of furan rings is 1. The maximum Gasteiger partial charge on any atom is 0.433 e. The zero-order valence-electron chi connectivity index (χ0n) is 9.14. The largest absolute Gasteiger partial charge is 0.433 e. The zero-order valence-corrected chi connectivity index (χ0v) is 9.14. The van der Waals surface area contributed by atoms with Gasteiger partial charge in [-0.2, -0.15) is 0 Å². The molecule has 1 rings (SSSR count). The molecule has 1 aromatic rings. The van der Waals surface area contributed by atoms with Crippen molar-refractivity contribution in [2.24, 2.45) is 0 Å². The number of rotatable bonds is 3. The van der Waals surface area contributed by atoms with Gasteiger partial charge in [0.15, 0.2) is 0 Å². The van der Waals surface area contributed by atoms with Crippen molar-refractivity contribution in [3.05, 3.63) is 28.0 Å². The van der Waals surface area contributed by atoms with Crippen LogP contribution in [0.1, 0.15) is 31.3 Å². The summed E-state index contributed by atoms with van der Waals surface area (Å²) in [6.07, 6.45) is 0. The quantitative estimate of drug-likeness (QED) is 0.626. The zero-order chi connectivity index (χ0) is 12.3. The predicted molar refractivity (Wildman–Crippen MR) is 53.7 cm³/mol. The van der Waals surface area contributed by atoms with Crippen LogP contribution < -0.4 is 5.48 Å². The summed E-state index contributed by atoms with van der Waals surface area (Å²) in [5.41, 5.74) is 1.59. The number of carbonyl (C=O) groups is 1. The highest BCUT2D eigenvalue weighted by Gasteiger charge is 2.19. The van der Waals surface area contributed by atoms with Crippen molar-refractivity contribution in [2.45, 2.75) is 26.4 Å². The van der Waals surface area contributed by atoms with Crippen molar-refractivity contribution in [2.75, 3.05) is 0 Å². The van der Waals surface area contributed by atoms with E-state index in [1.54, 1.807) is 20.8 Å². The first-order chi connectivity index (χ1) is 7.29. The van der Waals surface area contributed by atoms with Crippen LogP contribution >= 0.6 is 0 Å². The molecule has 88 valence electrons. The fourth-order valence-electron chi connectivity index (χ4n) is 0.798. The third-order valence-electron chi connectivity index (χ3n) is 1.45. The van der Waals surface area contributed by atoms with Gasteiger partial charge in [-0.05, 0) is 26.8 Å². The first-order valence-electron chi connectivity index (χ1n) is 4.52. The molecule has 0 atom stereocenters. The van der Waals surface area contributed by atoms with Gasteiger partial charge in [0.25, 0.3) is 0 Å². The van der Waals surface area contributed by atoms with E-state index in [0.717, 1.165) is 6.07 Å². The number of amides is 1. The summed E-state index contributed by atoms with van der Waals surface area (Å²) >= 11 is 0. The molecule has 0 saturated heterocycles. The van der Waals surface area contributed by atoms with Gasteiger partial charge in [0, 0.05) is 0 Å². The fourth-order valence-corrected chi connectivity index (χ4v) is 0.798. The van der Waals surface area contributed by atoms with Crippen LogP contribution in [0.15, 0.2) is 16.5 Å². The molecule has 0 aliphatic carbocycles. The molecule has 1 aromatic heterocycles. The summed E-state index contributed by atoms with van der Waals surface area (Å²) < 4.78 is 4.68. The standard InChI is InChI=1S/C9H12N2O5/c1-9(2,3)16-10-8(12)6-4-5-7(15-6)11(13)14/h4-5H,1-3H3,(H,10,12). The van der Waals surface area contributed by atoms with Crippen LogP contribution in [-0.2, 0) is 4.84 Å². The van der Waals surface area contributed by atoms with E-state index in [2.05, 4.69) is 9.90 Å². The highest BCUT2D eigenvalue weighted by Crippen LogP contribution is 2.15. The number of carbonyl (C=O) groups excluding carboxylic acids is 1. The van der Waals surface area contributed by atoms with E-state index in [-0.39, 0.29) is 5.76 Å². The summed E-state index contributed by atoms with van der Waals surface area (Å²) in [6.45, 7) is 5.24. The van der Waals surface area contributed by atoms with Crippen LogP contribution in [0.2, 0.25) is 0 Å². The highest BCUT2D eigenvalue weighted by atomic mass is 16.7. The monoisotopic (exact) mass is 228 g/mol. The maximum atomic E-state index is 11.4. The Hall–Kier alpha value is -1.89. The van der Waals surface area contributed by atoms with Gasteiger partial charge in [0.05, 0.1) is 11.7 Å². The third kappa shape index (κ3) is 3.35. The van der Waals surface area contributed by atoms with Crippen LogP contribution in [-0.4, -0.2) is 16.4 Å². The molecule has 0 aliphatic heterocycles. The minimum absolute atomic E-state index is 0.170. The average molecular weight is 228 g/mol. The highest BCUT2D eigenvalue weighted by molar-refractivity contribution is 5.90. The summed E-state index contributed by atoms with van der Waals surface area (Å²) in [7, 11) is 0. The summed E-state index contributed by atoms with van der Waals surface area (Å²) in [4.78, 5) is 25.9. The number of nitrogens with one attached hydrogen (secondary N) is 1. The van der Waals surface area contributed by atoms with E-state index in [1.165, 1.54) is 6.07 Å². The Morgan fingerprint density at radius 3 is 2.56 bits per heavy atom. The van der Waals surface area contributed by atoms with Crippen LogP contribution in [0.3, 0.4) is 0 Å². The molecule has 0 aromatic carbocycles. The van der Waals surface area contributed by atoms with E-state index in [0.29, 0.717) is 0 Å². The molecular weight excluding hydrogens is 216 g/mol. The fraction of sp³-hybridized carbons (Fsp3) is 0.444. The number of nitro groups is 1. The third-order valence-corrected chi connectivity index (χ3v) is 1.45. The lowest BCUT2D eigenvalue weighted by Crippen LogP contribution is -2.33. The van der Waals surface area contributed by atoms with Crippen LogP contribution in [0.25, 0.3) is 0 Å². The predicted octanol–water partition coefficient (Wildman–Crippen LogP) is 1.65.